The number of fused-ring (bicyclic) bond motifs is 1. The van der Waals surface area contributed by atoms with Gasteiger partial charge in [0.2, 0.25) is 0 Å². The van der Waals surface area contributed by atoms with Crippen molar-refractivity contribution in [3.63, 3.8) is 0 Å². The van der Waals surface area contributed by atoms with Gasteiger partial charge in [-0.05, 0) is 26.3 Å². The second kappa shape index (κ2) is 5.04. The summed E-state index contributed by atoms with van der Waals surface area (Å²) in [7, 11) is 0. The van der Waals surface area contributed by atoms with Crippen molar-refractivity contribution in [1.82, 2.24) is 5.32 Å². The summed E-state index contributed by atoms with van der Waals surface area (Å²) in [6.07, 6.45) is 7.42. The second-order valence-corrected chi connectivity index (χ2v) is 5.45. The van der Waals surface area contributed by atoms with E-state index in [-0.39, 0.29) is 17.7 Å². The molecule has 0 aliphatic carbocycles. The molecule has 2 nitrogen and oxygen atoms in total. The van der Waals surface area contributed by atoms with Crippen LogP contribution in [0.3, 0.4) is 0 Å². The maximum Gasteiger partial charge on any atom is 0.124 e. The fourth-order valence-corrected chi connectivity index (χ4v) is 2.48. The third kappa shape index (κ3) is 2.68. The highest BCUT2D eigenvalue weighted by atomic mass is 16.5. The molecule has 96 valence electrons. The first-order chi connectivity index (χ1) is 8.55. The number of hydrogen-bond acceptors (Lipinski definition) is 2. The third-order valence-corrected chi connectivity index (χ3v) is 3.39. The van der Waals surface area contributed by atoms with Gasteiger partial charge in [-0.3, -0.25) is 5.32 Å². The molecule has 1 aromatic carbocycles. The van der Waals surface area contributed by atoms with Crippen LogP contribution >= 0.6 is 0 Å². The molecule has 1 heterocycles. The number of benzene rings is 1. The van der Waals surface area contributed by atoms with Crippen LogP contribution in [0.5, 0.6) is 5.75 Å². The van der Waals surface area contributed by atoms with Crippen LogP contribution in [0.25, 0.3) is 0 Å². The molecule has 0 aromatic heterocycles. The molecule has 0 bridgehead atoms. The van der Waals surface area contributed by atoms with Crippen molar-refractivity contribution in [2.75, 3.05) is 0 Å². The lowest BCUT2D eigenvalue weighted by atomic mass is 9.89. The number of hydrogen-bond donors (Lipinski definition) is 1. The smallest absolute Gasteiger partial charge is 0.124 e. The Hall–Kier alpha value is -1.46. The molecule has 18 heavy (non-hydrogen) atoms. The first-order valence-corrected chi connectivity index (χ1v) is 6.56. The molecule has 1 aliphatic rings. The van der Waals surface area contributed by atoms with Crippen molar-refractivity contribution in [2.45, 2.75) is 51.3 Å². The van der Waals surface area contributed by atoms with Crippen molar-refractivity contribution in [1.29, 1.82) is 0 Å². The number of ether oxygens (including phenoxy) is 1. The van der Waals surface area contributed by atoms with E-state index in [4.69, 9.17) is 11.2 Å². The zero-order valence-corrected chi connectivity index (χ0v) is 11.4. The first kappa shape index (κ1) is 13.0. The molecule has 2 atom stereocenters. The van der Waals surface area contributed by atoms with Gasteiger partial charge >= 0.3 is 0 Å². The second-order valence-electron chi connectivity index (χ2n) is 5.45. The molecule has 1 aliphatic heterocycles. The predicted molar refractivity (Wildman–Crippen MR) is 74.6 cm³/mol. The Balaban J connectivity index is 2.28. The van der Waals surface area contributed by atoms with Crippen LogP contribution in [0.4, 0.5) is 0 Å². The summed E-state index contributed by atoms with van der Waals surface area (Å²) in [5, 5.41) is 3.55. The molecule has 0 saturated heterocycles. The van der Waals surface area contributed by atoms with E-state index < -0.39 is 0 Å². The van der Waals surface area contributed by atoms with E-state index in [1.807, 2.05) is 18.2 Å². The normalized spacial score (nSPS) is 22.4. The minimum Gasteiger partial charge on any atom is -0.487 e. The molecular weight excluding hydrogens is 222 g/mol. The lowest BCUT2D eigenvalue weighted by molar-refractivity contribution is 0.0648. The average Bonchev–Trinajstić information content (AvgIpc) is 2.34. The van der Waals surface area contributed by atoms with Gasteiger partial charge in [0.1, 0.15) is 11.4 Å². The summed E-state index contributed by atoms with van der Waals surface area (Å²) in [5.74, 6) is 3.78. The van der Waals surface area contributed by atoms with Gasteiger partial charge in [0.25, 0.3) is 0 Å². The number of nitrogens with one attached hydrogen (secondary N) is 1. The SMILES string of the molecule is C#CC(CC)NC1CC(C)(C)Oc2ccccc21. The van der Waals surface area contributed by atoms with Gasteiger partial charge in [0.05, 0.1) is 6.04 Å². The number of rotatable bonds is 3. The quantitative estimate of drug-likeness (QED) is 0.823. The van der Waals surface area contributed by atoms with E-state index in [0.29, 0.717) is 0 Å². The summed E-state index contributed by atoms with van der Waals surface area (Å²) in [4.78, 5) is 0. The van der Waals surface area contributed by atoms with Crippen molar-refractivity contribution in [3.8, 4) is 18.1 Å². The van der Waals surface area contributed by atoms with E-state index in [2.05, 4.69) is 38.1 Å². The summed E-state index contributed by atoms with van der Waals surface area (Å²) < 4.78 is 6.01. The molecule has 1 N–H and O–H groups in total. The van der Waals surface area contributed by atoms with Crippen LogP contribution in [0.2, 0.25) is 0 Å². The highest BCUT2D eigenvalue weighted by Crippen LogP contribution is 2.39. The van der Waals surface area contributed by atoms with Crippen LogP contribution in [0.15, 0.2) is 24.3 Å². The fraction of sp³-hybridized carbons (Fsp3) is 0.500. The Morgan fingerprint density at radius 3 is 2.89 bits per heavy atom. The van der Waals surface area contributed by atoms with Gasteiger partial charge in [0, 0.05) is 18.0 Å². The van der Waals surface area contributed by atoms with Crippen LogP contribution in [0.1, 0.15) is 45.2 Å². The first-order valence-electron chi connectivity index (χ1n) is 6.56. The van der Waals surface area contributed by atoms with Crippen molar-refractivity contribution < 1.29 is 4.74 Å². The number of para-hydroxylation sites is 1. The zero-order chi connectivity index (χ0) is 13.2. The molecule has 0 fully saturated rings. The molecule has 2 rings (SSSR count). The number of terminal acetylenes is 1. The Bertz CT molecular complexity index is 458. The predicted octanol–water partition coefficient (Wildman–Crippen LogP) is 3.29. The van der Waals surface area contributed by atoms with Gasteiger partial charge < -0.3 is 4.74 Å². The average molecular weight is 243 g/mol. The molecule has 1 aromatic rings. The molecule has 2 unspecified atom stereocenters. The Morgan fingerprint density at radius 2 is 2.22 bits per heavy atom. The van der Waals surface area contributed by atoms with Gasteiger partial charge in [-0.15, -0.1) is 6.42 Å². The summed E-state index contributed by atoms with van der Waals surface area (Å²) in [6, 6.07) is 8.59. The molecular formula is C16H21NO. The van der Waals surface area contributed by atoms with Crippen molar-refractivity contribution in [2.24, 2.45) is 0 Å². The van der Waals surface area contributed by atoms with Crippen molar-refractivity contribution >= 4 is 0 Å². The minimum absolute atomic E-state index is 0.122. The van der Waals surface area contributed by atoms with E-state index in [1.54, 1.807) is 0 Å². The maximum absolute atomic E-state index is 6.01. The molecule has 2 heteroatoms. The van der Waals surface area contributed by atoms with Crippen LogP contribution < -0.4 is 10.1 Å². The summed E-state index contributed by atoms with van der Waals surface area (Å²) >= 11 is 0. The molecule has 0 radical (unpaired) electrons. The summed E-state index contributed by atoms with van der Waals surface area (Å²) in [5.41, 5.74) is 1.06. The molecule has 0 saturated carbocycles. The standard InChI is InChI=1S/C16H21NO/c1-5-12(6-2)17-14-11-16(3,4)18-15-10-8-7-9-13(14)15/h1,7-10,12,14,17H,6,11H2,2-4H3. The minimum atomic E-state index is -0.154. The lowest BCUT2D eigenvalue weighted by Gasteiger charge is -2.38. The van der Waals surface area contributed by atoms with E-state index >= 15 is 0 Å². The highest BCUT2D eigenvalue weighted by molar-refractivity contribution is 5.38. The topological polar surface area (TPSA) is 21.3 Å². The highest BCUT2D eigenvalue weighted by Gasteiger charge is 2.33. The van der Waals surface area contributed by atoms with Gasteiger partial charge in [-0.25, -0.2) is 0 Å². The largest absolute Gasteiger partial charge is 0.487 e. The van der Waals surface area contributed by atoms with E-state index in [1.165, 1.54) is 5.56 Å². The van der Waals surface area contributed by atoms with Gasteiger partial charge in [-0.2, -0.15) is 0 Å². The van der Waals surface area contributed by atoms with Gasteiger partial charge in [-0.1, -0.05) is 31.0 Å². The van der Waals surface area contributed by atoms with Gasteiger partial charge in [0.15, 0.2) is 0 Å². The van der Waals surface area contributed by atoms with E-state index in [9.17, 15) is 0 Å². The monoisotopic (exact) mass is 243 g/mol. The Labute approximate surface area is 110 Å². The fourth-order valence-electron chi connectivity index (χ4n) is 2.48. The maximum atomic E-state index is 6.01. The Morgan fingerprint density at radius 1 is 1.50 bits per heavy atom. The Kier molecular flexibility index (Phi) is 3.63. The van der Waals surface area contributed by atoms with E-state index in [0.717, 1.165) is 18.6 Å². The van der Waals surface area contributed by atoms with Crippen molar-refractivity contribution in [3.05, 3.63) is 29.8 Å². The van der Waals surface area contributed by atoms with Crippen LogP contribution in [-0.2, 0) is 0 Å². The summed E-state index contributed by atoms with van der Waals surface area (Å²) in [6.45, 7) is 6.34. The van der Waals surface area contributed by atoms with Crippen LogP contribution in [-0.4, -0.2) is 11.6 Å². The lowest BCUT2D eigenvalue weighted by Crippen LogP contribution is -2.42. The van der Waals surface area contributed by atoms with Crippen LogP contribution in [0, 0.1) is 12.3 Å². The molecule has 0 amide bonds. The zero-order valence-electron chi connectivity index (χ0n) is 11.4. The third-order valence-electron chi connectivity index (χ3n) is 3.39. The molecule has 0 spiro atoms.